The third-order valence-electron chi connectivity index (χ3n) is 4.76. The Bertz CT molecular complexity index is 1040. The molecule has 0 atom stereocenters. The summed E-state index contributed by atoms with van der Waals surface area (Å²) in [5, 5.41) is 10.6. The molecule has 0 bridgehead atoms. The fourth-order valence-electron chi connectivity index (χ4n) is 3.22. The molecule has 0 unspecified atom stereocenters. The molecule has 6 nitrogen and oxygen atoms in total. The van der Waals surface area contributed by atoms with Crippen molar-refractivity contribution in [3.05, 3.63) is 48.3 Å². The number of methoxy groups -OCH3 is 1. The minimum absolute atomic E-state index is 0.118. The second kappa shape index (κ2) is 10.8. The Morgan fingerprint density at radius 2 is 1.90 bits per heavy atom. The van der Waals surface area contributed by atoms with Gasteiger partial charge >= 0.3 is 136 Å². The summed E-state index contributed by atoms with van der Waals surface area (Å²) in [5.74, 6) is 3.02. The van der Waals surface area contributed by atoms with E-state index >= 15 is 0 Å². The summed E-state index contributed by atoms with van der Waals surface area (Å²) in [5.41, 5.74) is 1.89. The van der Waals surface area contributed by atoms with Gasteiger partial charge in [-0.25, -0.2) is 4.98 Å². The van der Waals surface area contributed by atoms with Crippen LogP contribution in [0.5, 0.6) is 11.5 Å². The van der Waals surface area contributed by atoms with Gasteiger partial charge in [-0.3, -0.25) is 0 Å². The molecule has 0 spiro atoms. The topological polar surface area (TPSA) is 71.3 Å². The van der Waals surface area contributed by atoms with E-state index in [-0.39, 0.29) is 15.0 Å². The molecule has 0 saturated carbocycles. The molecule has 0 aliphatic heterocycles. The van der Waals surface area contributed by atoms with E-state index in [0.717, 1.165) is 58.6 Å². The average molecular weight is 469 g/mol. The van der Waals surface area contributed by atoms with Gasteiger partial charge in [0.15, 0.2) is 0 Å². The molecule has 0 amide bonds. The Morgan fingerprint density at radius 3 is 2.70 bits per heavy atom. The van der Waals surface area contributed by atoms with E-state index in [2.05, 4.69) is 14.9 Å². The number of fused-ring (bicyclic) bond motifs is 1. The number of aryl methyl sites for hydroxylation is 1. The quantitative estimate of drug-likeness (QED) is 0.312. The van der Waals surface area contributed by atoms with Gasteiger partial charge in [0.05, 0.1) is 5.52 Å². The monoisotopic (exact) mass is 470 g/mol. The zero-order chi connectivity index (χ0) is 21.3. The van der Waals surface area contributed by atoms with Crippen LogP contribution in [0, 0.1) is 17.2 Å². The van der Waals surface area contributed by atoms with Crippen molar-refractivity contribution in [1.29, 1.82) is 5.26 Å². The van der Waals surface area contributed by atoms with Crippen LogP contribution in [0.25, 0.3) is 10.9 Å². The predicted molar refractivity (Wildman–Crippen MR) is 121 cm³/mol. The fraction of sp³-hybridized carbons (Fsp3) is 0.348. The summed E-state index contributed by atoms with van der Waals surface area (Å²) in [6.45, 7) is 2.53. The van der Waals surface area contributed by atoms with Crippen LogP contribution in [-0.4, -0.2) is 45.7 Å². The van der Waals surface area contributed by atoms with Gasteiger partial charge in [0.1, 0.15) is 5.82 Å². The number of nitrogens with zero attached hydrogens (tertiary/aromatic N) is 4. The van der Waals surface area contributed by atoms with E-state index in [9.17, 15) is 0 Å². The number of anilines is 2. The standard InChI is InChI=1S/C23H26N4O2Se/c1-17-25-20-10-6-5-9-19(20)23(26-17)27(2)18-11-12-21(28-3)22(15-18)29-13-7-4-8-14-30-16-24/h5-6,9-12,15H,4,7-8,13-14H2,1-3H3. The molecule has 0 saturated heterocycles. The maximum atomic E-state index is 8.63. The summed E-state index contributed by atoms with van der Waals surface area (Å²) in [7, 11) is 3.65. The van der Waals surface area contributed by atoms with Crippen molar-refractivity contribution in [2.45, 2.75) is 31.5 Å². The molecule has 0 fully saturated rings. The van der Waals surface area contributed by atoms with Gasteiger partial charge in [-0.05, 0) is 19.1 Å². The first-order valence-corrected chi connectivity index (χ1v) is 12.0. The van der Waals surface area contributed by atoms with Crippen LogP contribution in [0.15, 0.2) is 42.5 Å². The molecule has 30 heavy (non-hydrogen) atoms. The van der Waals surface area contributed by atoms with Crippen LogP contribution in [0.3, 0.4) is 0 Å². The van der Waals surface area contributed by atoms with Crippen molar-refractivity contribution < 1.29 is 9.47 Å². The third kappa shape index (κ3) is 5.41. The normalized spacial score (nSPS) is 10.6. The molecular formula is C23H26N4O2Se. The van der Waals surface area contributed by atoms with E-state index in [1.54, 1.807) is 7.11 Å². The molecule has 3 aromatic rings. The third-order valence-corrected chi connectivity index (χ3v) is 6.06. The number of aromatic nitrogens is 2. The van der Waals surface area contributed by atoms with E-state index in [4.69, 9.17) is 14.7 Å². The summed E-state index contributed by atoms with van der Waals surface area (Å²) >= 11 is 0.118. The van der Waals surface area contributed by atoms with Gasteiger partial charge in [0, 0.05) is 0 Å². The predicted octanol–water partition coefficient (Wildman–Crippen LogP) is 4.87. The Hall–Kier alpha value is -2.81. The van der Waals surface area contributed by atoms with Crippen molar-refractivity contribution in [2.75, 3.05) is 25.7 Å². The zero-order valence-electron chi connectivity index (χ0n) is 17.6. The van der Waals surface area contributed by atoms with Crippen LogP contribution in [-0.2, 0) is 0 Å². The first kappa shape index (κ1) is 21.9. The van der Waals surface area contributed by atoms with Crippen molar-refractivity contribution in [1.82, 2.24) is 9.97 Å². The first-order valence-electron chi connectivity index (χ1n) is 9.93. The van der Waals surface area contributed by atoms with Crippen LogP contribution in [0.4, 0.5) is 11.5 Å². The number of unbranched alkanes of at least 4 members (excludes halogenated alkanes) is 2. The van der Waals surface area contributed by atoms with Crippen molar-refractivity contribution >= 4 is 37.4 Å². The van der Waals surface area contributed by atoms with Crippen molar-refractivity contribution in [2.24, 2.45) is 0 Å². The molecule has 156 valence electrons. The van der Waals surface area contributed by atoms with E-state index in [0.29, 0.717) is 12.4 Å². The number of ether oxygens (including phenoxy) is 2. The average Bonchev–Trinajstić information content (AvgIpc) is 2.77. The van der Waals surface area contributed by atoms with Crippen molar-refractivity contribution in [3.63, 3.8) is 0 Å². The first-order chi connectivity index (χ1) is 14.6. The van der Waals surface area contributed by atoms with Gasteiger partial charge < -0.3 is 0 Å². The summed E-state index contributed by atoms with van der Waals surface area (Å²) < 4.78 is 11.5. The number of nitriles is 1. The molecule has 1 aromatic heterocycles. The number of hydrogen-bond donors (Lipinski definition) is 0. The molecule has 0 N–H and O–H groups in total. The van der Waals surface area contributed by atoms with Crippen LogP contribution in [0.1, 0.15) is 25.1 Å². The summed E-state index contributed by atoms with van der Waals surface area (Å²) in [6, 6.07) is 13.9. The van der Waals surface area contributed by atoms with Crippen LogP contribution >= 0.6 is 0 Å². The Morgan fingerprint density at radius 1 is 1.07 bits per heavy atom. The zero-order valence-corrected chi connectivity index (χ0v) is 19.3. The van der Waals surface area contributed by atoms with Gasteiger partial charge in [0.2, 0.25) is 0 Å². The molecule has 7 heteroatoms. The summed E-state index contributed by atoms with van der Waals surface area (Å²) in [4.78, 5) is 13.5. The molecule has 3 rings (SSSR count). The number of para-hydroxylation sites is 1. The number of benzene rings is 2. The summed E-state index contributed by atoms with van der Waals surface area (Å²) in [6.07, 6.45) is 3.11. The number of rotatable bonds is 10. The molecular weight excluding hydrogens is 443 g/mol. The molecule has 0 radical (unpaired) electrons. The van der Waals surface area contributed by atoms with E-state index in [1.165, 1.54) is 0 Å². The minimum atomic E-state index is 0.118. The van der Waals surface area contributed by atoms with Gasteiger partial charge in [0.25, 0.3) is 0 Å². The number of hydrogen-bond acceptors (Lipinski definition) is 6. The SMILES string of the molecule is COc1ccc(N(C)c2nc(C)nc3ccccc23)cc1OCCCCC[Se]C#N. The Balaban J connectivity index is 1.77. The van der Waals surface area contributed by atoms with Crippen LogP contribution < -0.4 is 14.4 Å². The molecule has 1 heterocycles. The molecule has 0 aliphatic carbocycles. The van der Waals surface area contributed by atoms with E-state index in [1.807, 2.05) is 61.3 Å². The van der Waals surface area contributed by atoms with E-state index < -0.39 is 0 Å². The molecule has 2 aromatic carbocycles. The Labute approximate surface area is 184 Å². The molecule has 0 aliphatic rings. The fourth-order valence-corrected chi connectivity index (χ4v) is 4.14. The second-order valence-corrected chi connectivity index (χ2v) is 8.70. The van der Waals surface area contributed by atoms with Gasteiger partial charge in [-0.2, -0.15) is 0 Å². The van der Waals surface area contributed by atoms with Gasteiger partial charge in [-0.15, -0.1) is 0 Å². The van der Waals surface area contributed by atoms with Gasteiger partial charge in [-0.1, -0.05) is 12.1 Å². The Kier molecular flexibility index (Phi) is 7.89. The van der Waals surface area contributed by atoms with Crippen molar-refractivity contribution in [3.8, 4) is 16.5 Å². The maximum absolute atomic E-state index is 8.63. The second-order valence-electron chi connectivity index (χ2n) is 6.85. The van der Waals surface area contributed by atoms with Crippen LogP contribution in [0.2, 0.25) is 5.32 Å².